The predicted molar refractivity (Wildman–Crippen MR) is 61.8 cm³/mol. The first-order valence-corrected chi connectivity index (χ1v) is 5.98. The quantitative estimate of drug-likeness (QED) is 0.787. The van der Waals surface area contributed by atoms with Crippen LogP contribution in [0.25, 0.3) is 0 Å². The van der Waals surface area contributed by atoms with Crippen LogP contribution in [-0.4, -0.2) is 13.2 Å². The van der Waals surface area contributed by atoms with Crippen molar-refractivity contribution in [3.63, 3.8) is 0 Å². The molecule has 1 aliphatic carbocycles. The van der Waals surface area contributed by atoms with Crippen molar-refractivity contribution in [1.29, 1.82) is 0 Å². The standard InChI is InChI=1S/C13H17NO2/c14-13(6-2-7-13)10-4-1-5-11-12(10)16-9-3-8-15-11/h1,4-5H,2-3,6-9,14H2. The van der Waals surface area contributed by atoms with Crippen molar-refractivity contribution in [3.05, 3.63) is 23.8 Å². The van der Waals surface area contributed by atoms with Crippen molar-refractivity contribution >= 4 is 0 Å². The van der Waals surface area contributed by atoms with Crippen LogP contribution >= 0.6 is 0 Å². The van der Waals surface area contributed by atoms with Crippen molar-refractivity contribution < 1.29 is 9.47 Å². The maximum absolute atomic E-state index is 6.36. The number of rotatable bonds is 1. The van der Waals surface area contributed by atoms with Crippen LogP contribution in [0, 0.1) is 0 Å². The van der Waals surface area contributed by atoms with Gasteiger partial charge >= 0.3 is 0 Å². The van der Waals surface area contributed by atoms with E-state index in [-0.39, 0.29) is 5.54 Å². The van der Waals surface area contributed by atoms with Crippen LogP contribution in [0.5, 0.6) is 11.5 Å². The van der Waals surface area contributed by atoms with Gasteiger partial charge in [-0.25, -0.2) is 0 Å². The third-order valence-corrected chi connectivity index (χ3v) is 3.55. The van der Waals surface area contributed by atoms with E-state index in [2.05, 4.69) is 6.07 Å². The number of benzene rings is 1. The molecule has 3 heteroatoms. The van der Waals surface area contributed by atoms with Gasteiger partial charge in [0.1, 0.15) is 0 Å². The summed E-state index contributed by atoms with van der Waals surface area (Å²) in [5, 5.41) is 0. The first-order valence-electron chi connectivity index (χ1n) is 5.98. The number of ether oxygens (including phenoxy) is 2. The van der Waals surface area contributed by atoms with E-state index in [1.54, 1.807) is 0 Å². The molecule has 1 saturated carbocycles. The molecule has 1 aliphatic heterocycles. The molecule has 0 saturated heterocycles. The van der Waals surface area contributed by atoms with Gasteiger partial charge in [0.2, 0.25) is 0 Å². The van der Waals surface area contributed by atoms with Crippen LogP contribution in [0.1, 0.15) is 31.2 Å². The third-order valence-electron chi connectivity index (χ3n) is 3.55. The number of fused-ring (bicyclic) bond motifs is 1. The Labute approximate surface area is 95.5 Å². The maximum atomic E-state index is 6.36. The number of para-hydroxylation sites is 1. The van der Waals surface area contributed by atoms with Gasteiger partial charge in [0.25, 0.3) is 0 Å². The predicted octanol–water partition coefficient (Wildman–Crippen LogP) is 2.19. The highest BCUT2D eigenvalue weighted by atomic mass is 16.5. The zero-order valence-electron chi connectivity index (χ0n) is 9.37. The van der Waals surface area contributed by atoms with Gasteiger partial charge in [0.15, 0.2) is 11.5 Å². The fourth-order valence-electron chi connectivity index (χ4n) is 2.41. The first-order chi connectivity index (χ1) is 7.80. The van der Waals surface area contributed by atoms with E-state index in [0.717, 1.165) is 49.5 Å². The monoisotopic (exact) mass is 219 g/mol. The van der Waals surface area contributed by atoms with E-state index >= 15 is 0 Å². The van der Waals surface area contributed by atoms with E-state index in [1.165, 1.54) is 6.42 Å². The zero-order chi connectivity index (χ0) is 11.0. The molecule has 0 spiro atoms. The second kappa shape index (κ2) is 3.67. The molecule has 16 heavy (non-hydrogen) atoms. The highest BCUT2D eigenvalue weighted by molar-refractivity contribution is 5.50. The van der Waals surface area contributed by atoms with E-state index in [0.29, 0.717) is 0 Å². The SMILES string of the molecule is NC1(c2cccc3c2OCCCO3)CCC1. The average Bonchev–Trinajstić information content (AvgIpc) is 2.50. The van der Waals surface area contributed by atoms with Crippen molar-refractivity contribution in [2.75, 3.05) is 13.2 Å². The highest BCUT2D eigenvalue weighted by Crippen LogP contribution is 2.46. The highest BCUT2D eigenvalue weighted by Gasteiger charge is 2.37. The second-order valence-corrected chi connectivity index (χ2v) is 4.69. The van der Waals surface area contributed by atoms with Gasteiger partial charge in [-0.15, -0.1) is 0 Å². The van der Waals surface area contributed by atoms with Gasteiger partial charge in [0.05, 0.1) is 13.2 Å². The summed E-state index contributed by atoms with van der Waals surface area (Å²) in [6, 6.07) is 6.05. The first kappa shape index (κ1) is 9.97. The van der Waals surface area contributed by atoms with E-state index in [1.807, 2.05) is 12.1 Å². The zero-order valence-corrected chi connectivity index (χ0v) is 9.37. The fourth-order valence-corrected chi connectivity index (χ4v) is 2.41. The lowest BCUT2D eigenvalue weighted by Gasteiger charge is -2.39. The van der Waals surface area contributed by atoms with Gasteiger partial charge in [-0.1, -0.05) is 12.1 Å². The number of hydrogen-bond acceptors (Lipinski definition) is 3. The Morgan fingerprint density at radius 2 is 1.88 bits per heavy atom. The fraction of sp³-hybridized carbons (Fsp3) is 0.538. The molecule has 1 heterocycles. The minimum atomic E-state index is -0.182. The second-order valence-electron chi connectivity index (χ2n) is 4.69. The van der Waals surface area contributed by atoms with E-state index in [4.69, 9.17) is 15.2 Å². The molecule has 86 valence electrons. The summed E-state index contributed by atoms with van der Waals surface area (Å²) >= 11 is 0. The topological polar surface area (TPSA) is 44.5 Å². The normalized spacial score (nSPS) is 22.1. The lowest BCUT2D eigenvalue weighted by atomic mass is 9.72. The maximum Gasteiger partial charge on any atom is 0.166 e. The summed E-state index contributed by atoms with van der Waals surface area (Å²) in [6.45, 7) is 1.45. The van der Waals surface area contributed by atoms with Crippen molar-refractivity contribution in [2.45, 2.75) is 31.2 Å². The Kier molecular flexibility index (Phi) is 2.28. The summed E-state index contributed by atoms with van der Waals surface area (Å²) in [5.74, 6) is 1.73. The van der Waals surface area contributed by atoms with Crippen LogP contribution in [-0.2, 0) is 5.54 Å². The molecule has 0 atom stereocenters. The lowest BCUT2D eigenvalue weighted by Crippen LogP contribution is -2.43. The number of hydrogen-bond donors (Lipinski definition) is 1. The van der Waals surface area contributed by atoms with Crippen molar-refractivity contribution in [1.82, 2.24) is 0 Å². The van der Waals surface area contributed by atoms with Crippen LogP contribution in [0.3, 0.4) is 0 Å². The Bertz CT molecular complexity index is 399. The summed E-state index contributed by atoms with van der Waals surface area (Å²) in [6.07, 6.45) is 4.24. The molecule has 1 aromatic rings. The molecule has 3 nitrogen and oxygen atoms in total. The molecule has 0 aromatic heterocycles. The Hall–Kier alpha value is -1.22. The molecular weight excluding hydrogens is 202 g/mol. The molecule has 0 amide bonds. The van der Waals surface area contributed by atoms with Crippen LogP contribution < -0.4 is 15.2 Å². The number of nitrogens with two attached hydrogens (primary N) is 1. The Balaban J connectivity index is 2.04. The summed E-state index contributed by atoms with van der Waals surface area (Å²) < 4.78 is 11.5. The molecule has 3 rings (SSSR count). The van der Waals surface area contributed by atoms with Gasteiger partial charge in [-0.3, -0.25) is 0 Å². The van der Waals surface area contributed by atoms with Gasteiger partial charge < -0.3 is 15.2 Å². The molecule has 1 aromatic carbocycles. The summed E-state index contributed by atoms with van der Waals surface area (Å²) in [5.41, 5.74) is 7.31. The Morgan fingerprint density at radius 3 is 2.62 bits per heavy atom. The van der Waals surface area contributed by atoms with Crippen molar-refractivity contribution in [3.8, 4) is 11.5 Å². The summed E-state index contributed by atoms with van der Waals surface area (Å²) in [4.78, 5) is 0. The molecule has 2 N–H and O–H groups in total. The minimum absolute atomic E-state index is 0.182. The molecule has 0 unspecified atom stereocenters. The molecule has 1 fully saturated rings. The average molecular weight is 219 g/mol. The minimum Gasteiger partial charge on any atom is -0.490 e. The lowest BCUT2D eigenvalue weighted by molar-refractivity contribution is 0.236. The van der Waals surface area contributed by atoms with Gasteiger partial charge in [0, 0.05) is 17.5 Å². The third kappa shape index (κ3) is 1.47. The smallest absolute Gasteiger partial charge is 0.166 e. The van der Waals surface area contributed by atoms with Crippen molar-refractivity contribution in [2.24, 2.45) is 5.73 Å². The van der Waals surface area contributed by atoms with E-state index < -0.39 is 0 Å². The molecule has 2 aliphatic rings. The van der Waals surface area contributed by atoms with Crippen LogP contribution in [0.15, 0.2) is 18.2 Å². The van der Waals surface area contributed by atoms with E-state index in [9.17, 15) is 0 Å². The molecular formula is C13H17NO2. The molecule has 0 radical (unpaired) electrons. The Morgan fingerprint density at radius 1 is 1.06 bits per heavy atom. The van der Waals surface area contributed by atoms with Gasteiger partial charge in [-0.05, 0) is 25.3 Å². The van der Waals surface area contributed by atoms with Crippen LogP contribution in [0.2, 0.25) is 0 Å². The molecule has 0 bridgehead atoms. The largest absolute Gasteiger partial charge is 0.490 e. The van der Waals surface area contributed by atoms with Crippen LogP contribution in [0.4, 0.5) is 0 Å². The summed E-state index contributed by atoms with van der Waals surface area (Å²) in [7, 11) is 0. The van der Waals surface area contributed by atoms with Gasteiger partial charge in [-0.2, -0.15) is 0 Å².